The molecule has 0 radical (unpaired) electrons. The van der Waals surface area contributed by atoms with Gasteiger partial charge in [0.05, 0.1) is 0 Å². The van der Waals surface area contributed by atoms with Gasteiger partial charge in [0.25, 0.3) is 0 Å². The topological polar surface area (TPSA) is 41.0 Å². The Bertz CT molecular complexity index is 325. The van der Waals surface area contributed by atoms with Crippen LogP contribution in [0.4, 0.5) is 11.6 Å². The van der Waals surface area contributed by atoms with Gasteiger partial charge in [0, 0.05) is 25.7 Å². The maximum absolute atomic E-state index is 4.48. The number of nitrogens with zero attached hydrogens (tertiary/aromatic N) is 3. The summed E-state index contributed by atoms with van der Waals surface area (Å²) in [5.41, 5.74) is 0. The van der Waals surface area contributed by atoms with Crippen molar-refractivity contribution in [3.8, 4) is 0 Å². The van der Waals surface area contributed by atoms with Crippen LogP contribution in [-0.4, -0.2) is 29.6 Å². The summed E-state index contributed by atoms with van der Waals surface area (Å²) in [5.74, 6) is 2.76. The zero-order valence-corrected chi connectivity index (χ0v) is 10.7. The van der Waals surface area contributed by atoms with Crippen LogP contribution >= 0.6 is 0 Å². The number of rotatable bonds is 6. The number of aryl methyl sites for hydroxylation is 1. The van der Waals surface area contributed by atoms with E-state index in [9.17, 15) is 0 Å². The summed E-state index contributed by atoms with van der Waals surface area (Å²) in [7, 11) is 0. The lowest BCUT2D eigenvalue weighted by molar-refractivity contribution is 0.773. The highest BCUT2D eigenvalue weighted by Gasteiger charge is 2.07. The van der Waals surface area contributed by atoms with E-state index in [0.29, 0.717) is 0 Å². The minimum absolute atomic E-state index is 0.822. The average Bonchev–Trinajstić information content (AvgIpc) is 2.25. The van der Waals surface area contributed by atoms with Gasteiger partial charge in [0.1, 0.15) is 17.5 Å². The van der Waals surface area contributed by atoms with E-state index in [4.69, 9.17) is 0 Å². The Morgan fingerprint density at radius 3 is 2.56 bits per heavy atom. The summed E-state index contributed by atoms with van der Waals surface area (Å²) in [4.78, 5) is 11.1. The molecule has 4 nitrogen and oxygen atoms in total. The van der Waals surface area contributed by atoms with Crippen LogP contribution in [0.15, 0.2) is 6.07 Å². The monoisotopic (exact) mass is 222 g/mol. The van der Waals surface area contributed by atoms with Crippen molar-refractivity contribution in [2.75, 3.05) is 29.9 Å². The third-order valence-electron chi connectivity index (χ3n) is 2.38. The summed E-state index contributed by atoms with van der Waals surface area (Å²) in [6, 6.07) is 2.02. The highest BCUT2D eigenvalue weighted by atomic mass is 15.2. The molecule has 0 bridgehead atoms. The van der Waals surface area contributed by atoms with E-state index in [2.05, 4.69) is 41.0 Å². The van der Waals surface area contributed by atoms with Crippen molar-refractivity contribution in [1.29, 1.82) is 0 Å². The molecule has 1 rings (SSSR count). The Hall–Kier alpha value is -1.32. The molecule has 16 heavy (non-hydrogen) atoms. The number of hydrogen-bond donors (Lipinski definition) is 1. The van der Waals surface area contributed by atoms with Crippen molar-refractivity contribution in [2.45, 2.75) is 34.1 Å². The smallest absolute Gasteiger partial charge is 0.134 e. The number of aromatic nitrogens is 2. The molecular weight excluding hydrogens is 200 g/mol. The van der Waals surface area contributed by atoms with Crippen LogP contribution in [0.25, 0.3) is 0 Å². The minimum atomic E-state index is 0.822. The standard InChI is InChI=1S/C12H22N4/c1-5-8-16(7-3)12-9-11(13-6-2)14-10(4)15-12/h9H,5-8H2,1-4H3,(H,13,14,15). The predicted octanol–water partition coefficient (Wildman–Crippen LogP) is 2.45. The lowest BCUT2D eigenvalue weighted by Gasteiger charge is -2.22. The quantitative estimate of drug-likeness (QED) is 0.802. The molecule has 0 aliphatic heterocycles. The Kier molecular flexibility index (Phi) is 5.02. The van der Waals surface area contributed by atoms with Crippen LogP contribution < -0.4 is 10.2 Å². The van der Waals surface area contributed by atoms with E-state index in [1.165, 1.54) is 0 Å². The lowest BCUT2D eigenvalue weighted by atomic mass is 10.3. The average molecular weight is 222 g/mol. The molecule has 0 saturated heterocycles. The molecule has 0 aromatic carbocycles. The fraction of sp³-hybridized carbons (Fsp3) is 0.667. The molecule has 0 aliphatic carbocycles. The molecule has 0 fully saturated rings. The Balaban J connectivity index is 2.92. The SMILES string of the molecule is CCCN(CC)c1cc(NCC)nc(C)n1. The summed E-state index contributed by atoms with van der Waals surface area (Å²) in [6.07, 6.45) is 1.13. The van der Waals surface area contributed by atoms with Crippen molar-refractivity contribution < 1.29 is 0 Å². The van der Waals surface area contributed by atoms with Crippen LogP contribution in [0.1, 0.15) is 33.0 Å². The molecule has 4 heteroatoms. The largest absolute Gasteiger partial charge is 0.370 e. The van der Waals surface area contributed by atoms with Crippen molar-refractivity contribution >= 4 is 11.6 Å². The Morgan fingerprint density at radius 2 is 2.00 bits per heavy atom. The molecule has 1 aromatic rings. The normalized spacial score (nSPS) is 10.2. The minimum Gasteiger partial charge on any atom is -0.370 e. The number of hydrogen-bond acceptors (Lipinski definition) is 4. The van der Waals surface area contributed by atoms with E-state index in [-0.39, 0.29) is 0 Å². The second kappa shape index (κ2) is 6.30. The molecule has 0 unspecified atom stereocenters. The molecule has 0 saturated carbocycles. The predicted molar refractivity (Wildman–Crippen MR) is 69.1 cm³/mol. The summed E-state index contributed by atoms with van der Waals surface area (Å²) in [5, 5.41) is 3.23. The van der Waals surface area contributed by atoms with Gasteiger partial charge in [-0.25, -0.2) is 9.97 Å². The van der Waals surface area contributed by atoms with Gasteiger partial charge in [0.15, 0.2) is 0 Å². The lowest BCUT2D eigenvalue weighted by Crippen LogP contribution is -2.25. The molecule has 0 aliphatic rings. The van der Waals surface area contributed by atoms with E-state index in [1.54, 1.807) is 0 Å². The van der Waals surface area contributed by atoms with Crippen molar-refractivity contribution in [3.05, 3.63) is 11.9 Å². The third-order valence-corrected chi connectivity index (χ3v) is 2.38. The van der Waals surface area contributed by atoms with Crippen LogP contribution in [0, 0.1) is 6.92 Å². The highest BCUT2D eigenvalue weighted by Crippen LogP contribution is 2.15. The molecule has 1 aromatic heterocycles. The highest BCUT2D eigenvalue weighted by molar-refractivity contribution is 5.49. The van der Waals surface area contributed by atoms with Gasteiger partial charge in [-0.05, 0) is 27.2 Å². The summed E-state index contributed by atoms with van der Waals surface area (Å²) < 4.78 is 0. The van der Waals surface area contributed by atoms with E-state index in [0.717, 1.165) is 43.5 Å². The van der Waals surface area contributed by atoms with E-state index in [1.807, 2.05) is 13.0 Å². The zero-order chi connectivity index (χ0) is 12.0. The van der Waals surface area contributed by atoms with Gasteiger partial charge < -0.3 is 10.2 Å². The van der Waals surface area contributed by atoms with Crippen LogP contribution in [-0.2, 0) is 0 Å². The summed E-state index contributed by atoms with van der Waals surface area (Å²) >= 11 is 0. The first kappa shape index (κ1) is 12.7. The van der Waals surface area contributed by atoms with Gasteiger partial charge in [-0.3, -0.25) is 0 Å². The Labute approximate surface area is 98.1 Å². The van der Waals surface area contributed by atoms with Crippen LogP contribution in [0.5, 0.6) is 0 Å². The molecule has 0 spiro atoms. The van der Waals surface area contributed by atoms with Gasteiger partial charge >= 0.3 is 0 Å². The third kappa shape index (κ3) is 3.36. The first-order valence-electron chi connectivity index (χ1n) is 6.05. The van der Waals surface area contributed by atoms with Crippen LogP contribution in [0.2, 0.25) is 0 Å². The maximum atomic E-state index is 4.48. The zero-order valence-electron chi connectivity index (χ0n) is 10.7. The molecule has 0 amide bonds. The van der Waals surface area contributed by atoms with Crippen molar-refractivity contribution in [3.63, 3.8) is 0 Å². The van der Waals surface area contributed by atoms with Crippen molar-refractivity contribution in [1.82, 2.24) is 9.97 Å². The molecular formula is C12H22N4. The van der Waals surface area contributed by atoms with Gasteiger partial charge in [-0.2, -0.15) is 0 Å². The fourth-order valence-corrected chi connectivity index (χ4v) is 1.69. The number of nitrogens with one attached hydrogen (secondary N) is 1. The molecule has 0 atom stereocenters. The molecule has 1 N–H and O–H groups in total. The van der Waals surface area contributed by atoms with Gasteiger partial charge in [-0.1, -0.05) is 6.92 Å². The second-order valence-electron chi connectivity index (χ2n) is 3.77. The first-order valence-corrected chi connectivity index (χ1v) is 6.05. The van der Waals surface area contributed by atoms with Crippen LogP contribution in [0.3, 0.4) is 0 Å². The van der Waals surface area contributed by atoms with Gasteiger partial charge in [0.2, 0.25) is 0 Å². The molecule has 1 heterocycles. The second-order valence-corrected chi connectivity index (χ2v) is 3.77. The maximum Gasteiger partial charge on any atom is 0.134 e. The summed E-state index contributed by atoms with van der Waals surface area (Å²) in [6.45, 7) is 11.2. The van der Waals surface area contributed by atoms with E-state index >= 15 is 0 Å². The van der Waals surface area contributed by atoms with Crippen molar-refractivity contribution in [2.24, 2.45) is 0 Å². The van der Waals surface area contributed by atoms with E-state index < -0.39 is 0 Å². The van der Waals surface area contributed by atoms with Gasteiger partial charge in [-0.15, -0.1) is 0 Å². The molecule has 90 valence electrons. The Morgan fingerprint density at radius 1 is 1.25 bits per heavy atom. The first-order chi connectivity index (χ1) is 7.71. The number of anilines is 2. The fourth-order valence-electron chi connectivity index (χ4n) is 1.69.